The zero-order valence-electron chi connectivity index (χ0n) is 69.6. The molecule has 2 bridgehead atoms. The Labute approximate surface area is 689 Å². The van der Waals surface area contributed by atoms with Crippen LogP contribution in [0, 0.1) is 28.6 Å². The second-order valence-corrected chi connectivity index (χ2v) is 33.9. The van der Waals surface area contributed by atoms with E-state index in [1.807, 2.05) is 6.92 Å². The third-order valence-electron chi connectivity index (χ3n) is 24.3. The van der Waals surface area contributed by atoms with Crippen LogP contribution in [0.25, 0.3) is 44.4 Å². The number of rotatable bonds is 24. The Kier molecular flexibility index (Phi) is 28.7. The summed E-state index contributed by atoms with van der Waals surface area (Å²) in [6.45, 7) is 15.1. The van der Waals surface area contributed by atoms with Crippen molar-refractivity contribution in [2.45, 2.75) is 291 Å². The molecule has 34 nitrogen and oxygen atoms in total. The highest BCUT2D eigenvalue weighted by atomic mass is 16.7. The van der Waals surface area contributed by atoms with Gasteiger partial charge in [-0.2, -0.15) is 19.9 Å². The molecule has 644 valence electrons. The van der Waals surface area contributed by atoms with Crippen LogP contribution in [0.3, 0.4) is 0 Å². The van der Waals surface area contributed by atoms with Gasteiger partial charge in [-0.25, -0.2) is 28.8 Å². The number of nitrogens with one attached hydrogen (secondary N) is 5. The van der Waals surface area contributed by atoms with Gasteiger partial charge in [0.05, 0.1) is 42.1 Å². The van der Waals surface area contributed by atoms with E-state index in [0.29, 0.717) is 132 Å². The van der Waals surface area contributed by atoms with Gasteiger partial charge in [0.15, 0.2) is 0 Å². The Balaban J connectivity index is 0.000000139. The van der Waals surface area contributed by atoms with E-state index >= 15 is 0 Å². The molecule has 8 aromatic heterocycles. The predicted molar refractivity (Wildman–Crippen MR) is 448 cm³/mol. The van der Waals surface area contributed by atoms with Gasteiger partial charge in [0.2, 0.25) is 22.9 Å². The first-order valence-electron chi connectivity index (χ1n) is 43.0. The molecule has 2 atom stereocenters. The molecule has 120 heavy (non-hydrogen) atoms. The van der Waals surface area contributed by atoms with Gasteiger partial charge >= 0.3 is 58.7 Å². The number of aromatic nitrogens is 8. The van der Waals surface area contributed by atoms with Crippen LogP contribution in [-0.4, -0.2) is 111 Å². The number of unbranched alkanes of at least 4 members (excludes halogenated alkanes) is 2. The molecule has 6 aliphatic carbocycles. The van der Waals surface area contributed by atoms with Crippen LogP contribution in [0.2, 0.25) is 0 Å². The molecule has 8 fully saturated rings. The molecule has 2 saturated heterocycles. The highest BCUT2D eigenvalue weighted by Gasteiger charge is 2.46. The predicted octanol–water partition coefficient (Wildman–Crippen LogP) is 14.0. The van der Waals surface area contributed by atoms with E-state index in [9.17, 15) is 47.9 Å². The molecule has 2 unspecified atom stereocenters. The van der Waals surface area contributed by atoms with E-state index in [4.69, 9.17) is 46.5 Å². The number of hydrogen-bond donors (Lipinski definition) is 5. The molecule has 1 spiro atoms. The summed E-state index contributed by atoms with van der Waals surface area (Å²) in [4.78, 5) is 172. The largest absolute Gasteiger partial charge is 0.450 e. The van der Waals surface area contributed by atoms with Gasteiger partial charge in [-0.3, -0.25) is 44.0 Å². The van der Waals surface area contributed by atoms with Crippen molar-refractivity contribution in [1.82, 2.24) is 50.1 Å². The topological polar surface area (TPSA) is 458 Å². The average Bonchev–Trinajstić information content (AvgIpc) is 1.79. The third kappa shape index (κ3) is 22.8. The van der Waals surface area contributed by atoms with E-state index in [1.54, 1.807) is 18.7 Å². The van der Waals surface area contributed by atoms with Gasteiger partial charge in [-0.05, 0) is 232 Å². The fraction of sp³-hybridized carbons (Fsp3) is 0.605. The van der Waals surface area contributed by atoms with Crippen LogP contribution in [0.5, 0.6) is 24.0 Å². The van der Waals surface area contributed by atoms with E-state index in [0.717, 1.165) is 139 Å². The molecule has 10 heterocycles. The summed E-state index contributed by atoms with van der Waals surface area (Å²) in [5.74, 6) is 2.12. The average molecular weight is 1660 g/mol. The first kappa shape index (κ1) is 86.6. The highest BCUT2D eigenvalue weighted by Crippen LogP contribution is 2.55. The summed E-state index contributed by atoms with van der Waals surface area (Å²) >= 11 is 0. The van der Waals surface area contributed by atoms with Gasteiger partial charge in [0.1, 0.15) is 21.5 Å². The number of carbonyl (C=O) groups is 2. The first-order valence-corrected chi connectivity index (χ1v) is 43.0. The number of nitrogens with zero attached hydrogens (tertiary/aromatic N) is 9. The molecule has 2 amide bonds. The van der Waals surface area contributed by atoms with Crippen molar-refractivity contribution in [2.24, 2.45) is 49.2 Å². The minimum atomic E-state index is -0.559. The van der Waals surface area contributed by atoms with Crippen LogP contribution in [-0.2, 0) is 35.2 Å². The number of aryl methyl sites for hydroxylation is 4. The van der Waals surface area contributed by atoms with Crippen LogP contribution >= 0.6 is 0 Å². The van der Waals surface area contributed by atoms with E-state index in [1.165, 1.54) is 75.6 Å². The standard InChI is InChI=1S/C23H28N4O6.C22H27N3O4.C21H29N3O4.C20H26N4O6/c1-2-31-23(30)27-15-8-10-16(17(27)11-9-15)26-33-22-24-20(29)19-14(5-3-4-13-6-7-13)12-18(28)32-21(19)25-22;26-17-13-15(6-5-14-3-1-2-4-14)18-19(27)23-21(24-20(18)28-17)29-25-16-7-9-22(10-8-16)11-12-22;1-5-6-7-13-12-16(25)27-19-17(13)18(26)22-20(23-19)28-24-15-10-8-14(9-11-15)21(2,3)4;1-3-5-6-12-11-15(25)29-18-16(12)17(26)22-19(23-18)30-24-14-9-7-13(8-10-14)21-20(27)28-4-2/h12-13,15,17H,2-11H2,1H3,(H,24,25,29);13-14H,1-12H2,(H,23,24,27);12,14H,5-11H2,1-4H3,(H,22,23,26);11,13H,3-10H2,1-2H3,(H,21,27)(H,22,23,26)/b26-16-;;;. The maximum absolute atomic E-state index is 12.8. The first-order chi connectivity index (χ1) is 57.9. The number of ether oxygens (including phenoxy) is 2. The molecular formula is C86H110N14O20. The number of fused-ring (bicyclic) bond motifs is 6. The zero-order chi connectivity index (χ0) is 84.6. The maximum Gasteiger partial charge on any atom is 0.410 e. The van der Waals surface area contributed by atoms with Crippen LogP contribution in [0.4, 0.5) is 9.59 Å². The van der Waals surface area contributed by atoms with Crippen molar-refractivity contribution < 1.29 is 56.1 Å². The third-order valence-corrected chi connectivity index (χ3v) is 24.3. The minimum absolute atomic E-state index is 0.00556. The normalized spacial score (nSPS) is 19.7. The smallest absolute Gasteiger partial charge is 0.410 e. The van der Waals surface area contributed by atoms with Gasteiger partial charge in [0.25, 0.3) is 22.2 Å². The number of aromatic amines is 4. The molecule has 6 saturated carbocycles. The lowest BCUT2D eigenvalue weighted by Crippen LogP contribution is -2.49. The molecule has 0 aromatic carbocycles. The molecule has 0 radical (unpaired) electrons. The molecule has 16 rings (SSSR count). The molecule has 34 heteroatoms. The van der Waals surface area contributed by atoms with Gasteiger partial charge in [-0.1, -0.05) is 113 Å². The van der Waals surface area contributed by atoms with Crippen molar-refractivity contribution in [3.8, 4) is 24.0 Å². The van der Waals surface area contributed by atoms with Crippen molar-refractivity contribution in [3.63, 3.8) is 0 Å². The highest BCUT2D eigenvalue weighted by molar-refractivity contribution is 5.94. The Morgan fingerprint density at radius 3 is 1.29 bits per heavy atom. The second kappa shape index (κ2) is 39.8. The lowest BCUT2D eigenvalue weighted by Gasteiger charge is -2.34. The Bertz CT molecular complexity index is 5620. The minimum Gasteiger partial charge on any atom is -0.450 e. The number of amides is 2. The number of alkyl carbamates (subject to hydrolysis) is 1. The van der Waals surface area contributed by atoms with Crippen LogP contribution in [0.15, 0.2) is 101 Å². The van der Waals surface area contributed by atoms with Crippen molar-refractivity contribution in [3.05, 3.63) is 130 Å². The summed E-state index contributed by atoms with van der Waals surface area (Å²) in [7, 11) is 0. The van der Waals surface area contributed by atoms with Gasteiger partial charge in [-0.15, -0.1) is 0 Å². The Morgan fingerprint density at radius 2 is 0.875 bits per heavy atom. The Morgan fingerprint density at radius 1 is 0.467 bits per heavy atom. The Hall–Kier alpha value is -11.2. The van der Waals surface area contributed by atoms with Crippen LogP contribution < -0.4 is 69.4 Å². The fourth-order valence-corrected chi connectivity index (χ4v) is 17.1. The maximum atomic E-state index is 12.8. The number of hydrogen-bond acceptors (Lipinski definition) is 28. The fourth-order valence-electron chi connectivity index (χ4n) is 17.1. The van der Waals surface area contributed by atoms with Crippen LogP contribution in [0.1, 0.15) is 270 Å². The molecule has 8 aromatic rings. The second-order valence-electron chi connectivity index (χ2n) is 33.9. The van der Waals surface area contributed by atoms with E-state index in [-0.39, 0.29) is 93.0 Å². The molecular weight excluding hydrogens is 1550 g/mol. The van der Waals surface area contributed by atoms with Crippen molar-refractivity contribution in [1.29, 1.82) is 0 Å². The number of oxime groups is 4. The summed E-state index contributed by atoms with van der Waals surface area (Å²) < 4.78 is 30.7. The zero-order valence-corrected chi connectivity index (χ0v) is 69.6. The van der Waals surface area contributed by atoms with Crippen molar-refractivity contribution >= 4 is 79.4 Å². The lowest BCUT2D eigenvalue weighted by molar-refractivity contribution is 0.0909. The van der Waals surface area contributed by atoms with E-state index in [2.05, 4.69) is 93.5 Å². The molecule has 2 aliphatic heterocycles. The monoisotopic (exact) mass is 1660 g/mol. The number of H-pyrrole nitrogens is 4. The summed E-state index contributed by atoms with van der Waals surface area (Å²) in [6, 6.07) is 5.10. The lowest BCUT2D eigenvalue weighted by atomic mass is 9.72. The van der Waals surface area contributed by atoms with Gasteiger partial charge < -0.3 is 51.8 Å². The quantitative estimate of drug-likeness (QED) is 0.0351. The molecule has 8 aliphatic rings. The summed E-state index contributed by atoms with van der Waals surface area (Å²) in [6.07, 6.45) is 32.4. The van der Waals surface area contributed by atoms with E-state index < -0.39 is 39.7 Å². The summed E-state index contributed by atoms with van der Waals surface area (Å²) in [5, 5.41) is 20.6. The summed E-state index contributed by atoms with van der Waals surface area (Å²) in [5.41, 5.74) is 3.12. The number of carbonyl (C=O) groups excluding carboxylic acids is 2. The number of piperidine rings is 1. The SMILES string of the molecule is CCCCc1cc(=O)oc2nc(ON=C3CCC(C(C)(C)C)CC3)[nH]c(=O)c12.CCCCc1cc(=O)oc2nc(ON=C3CCC(NC(=O)OCC)CC3)[nH]c(=O)c12.CCOC(=O)N1C2CC/C(=N/Oc3nc4oc(=O)cc(CCCC5CC5)c4c(=O)[nH]3)C1CC2.O=c1cc(CCC2CCCC2)c2c(=O)[nH]c(ON=C3CCC4(CC3)CC4)nc2o1. The van der Waals surface area contributed by atoms with Crippen molar-refractivity contribution in [2.75, 3.05) is 13.2 Å². The van der Waals surface area contributed by atoms with Gasteiger partial charge in [0, 0.05) is 36.3 Å². The molecule has 5 N–H and O–H groups in total.